The number of nitrogens with zero attached hydrogens (tertiary/aromatic N) is 2. The van der Waals surface area contributed by atoms with Crippen molar-refractivity contribution in [3.05, 3.63) is 34.9 Å². The fourth-order valence-corrected chi connectivity index (χ4v) is 5.28. The van der Waals surface area contributed by atoms with E-state index in [0.29, 0.717) is 37.2 Å². The molecule has 3 amide bonds. The number of hydrazine groups is 1. The number of nitrogens with one attached hydrogen (secondary N) is 2. The molecule has 0 spiro atoms. The van der Waals surface area contributed by atoms with Crippen LogP contribution in [0.3, 0.4) is 0 Å². The molecule has 2 heterocycles. The van der Waals surface area contributed by atoms with Crippen molar-refractivity contribution < 1.29 is 23.8 Å². The first-order chi connectivity index (χ1) is 17.5. The molecule has 2 aliphatic heterocycles. The Kier molecular flexibility index (Phi) is 12.1. The summed E-state index contributed by atoms with van der Waals surface area (Å²) < 4.78 is 16.5. The third kappa shape index (κ3) is 8.80. The van der Waals surface area contributed by atoms with Gasteiger partial charge in [0, 0.05) is 57.4 Å². The Bertz CT molecular complexity index is 823. The molecule has 1 aromatic rings. The molecule has 2 unspecified atom stereocenters. The van der Waals surface area contributed by atoms with Crippen LogP contribution in [0.5, 0.6) is 0 Å². The average Bonchev–Trinajstić information content (AvgIpc) is 2.91. The lowest BCUT2D eigenvalue weighted by molar-refractivity contribution is -0.0115. The molecule has 2 fully saturated rings. The van der Waals surface area contributed by atoms with Gasteiger partial charge in [0.1, 0.15) is 0 Å². The molecule has 0 bridgehead atoms. The summed E-state index contributed by atoms with van der Waals surface area (Å²) in [6, 6.07) is 7.66. The van der Waals surface area contributed by atoms with Gasteiger partial charge in [-0.05, 0) is 62.1 Å². The maximum atomic E-state index is 13.4. The van der Waals surface area contributed by atoms with Crippen LogP contribution in [0.4, 0.5) is 9.59 Å². The normalized spacial score (nSPS) is 21.0. The van der Waals surface area contributed by atoms with E-state index in [4.69, 9.17) is 21.1 Å². The number of amides is 3. The minimum atomic E-state index is -0.490. The van der Waals surface area contributed by atoms with E-state index in [0.717, 1.165) is 57.4 Å². The van der Waals surface area contributed by atoms with Gasteiger partial charge in [0.25, 0.3) is 0 Å². The highest BCUT2D eigenvalue weighted by atomic mass is 35.5. The van der Waals surface area contributed by atoms with E-state index in [1.165, 1.54) is 13.5 Å². The van der Waals surface area contributed by atoms with Gasteiger partial charge in [-0.15, -0.1) is 0 Å². The highest BCUT2D eigenvalue weighted by Crippen LogP contribution is 2.34. The fourth-order valence-electron chi connectivity index (χ4n) is 5.08. The number of hydrogen-bond donors (Lipinski definition) is 2. The Balaban J connectivity index is 1.59. The minimum absolute atomic E-state index is 0.000652. The molecule has 0 saturated carbocycles. The SMILES string of the molecule is CNN(CCCC1CCCOC1)C(=O)N1CCCC([C@@H](OCCNC(=O)OC)c2cccc(Cl)c2)C1. The van der Waals surface area contributed by atoms with E-state index in [1.807, 2.05) is 29.2 Å². The lowest BCUT2D eigenvalue weighted by atomic mass is 9.88. The van der Waals surface area contributed by atoms with Gasteiger partial charge in [-0.25, -0.2) is 15.0 Å². The molecule has 0 aliphatic carbocycles. The molecular formula is C26H41ClN4O5. The molecular weight excluding hydrogens is 484 g/mol. The van der Waals surface area contributed by atoms with Crippen molar-refractivity contribution in [2.45, 2.75) is 44.6 Å². The maximum Gasteiger partial charge on any atom is 0.406 e. The molecule has 2 N–H and O–H groups in total. The van der Waals surface area contributed by atoms with Crippen molar-refractivity contribution >= 4 is 23.7 Å². The number of methoxy groups -OCH3 is 1. The molecule has 10 heteroatoms. The van der Waals surface area contributed by atoms with Crippen molar-refractivity contribution in [3.63, 3.8) is 0 Å². The third-order valence-corrected chi connectivity index (χ3v) is 7.17. The van der Waals surface area contributed by atoms with Crippen LogP contribution < -0.4 is 10.7 Å². The Morgan fingerprint density at radius 1 is 1.31 bits per heavy atom. The van der Waals surface area contributed by atoms with Crippen molar-refractivity contribution in [1.29, 1.82) is 0 Å². The van der Waals surface area contributed by atoms with E-state index in [-0.39, 0.29) is 18.1 Å². The number of carbonyl (C=O) groups is 2. The predicted octanol–water partition coefficient (Wildman–Crippen LogP) is 4.23. The van der Waals surface area contributed by atoms with Gasteiger partial charge in [0.05, 0.1) is 19.8 Å². The van der Waals surface area contributed by atoms with Gasteiger partial charge in [-0.1, -0.05) is 23.7 Å². The summed E-state index contributed by atoms with van der Waals surface area (Å²) in [5.41, 5.74) is 4.06. The van der Waals surface area contributed by atoms with Crippen LogP contribution >= 0.6 is 11.6 Å². The van der Waals surface area contributed by atoms with Crippen molar-refractivity contribution in [1.82, 2.24) is 20.7 Å². The number of piperidine rings is 1. The molecule has 1 aromatic carbocycles. The van der Waals surface area contributed by atoms with Gasteiger partial charge in [-0.2, -0.15) is 0 Å². The minimum Gasteiger partial charge on any atom is -0.453 e. The summed E-state index contributed by atoms with van der Waals surface area (Å²) >= 11 is 6.28. The quantitative estimate of drug-likeness (QED) is 0.332. The summed E-state index contributed by atoms with van der Waals surface area (Å²) in [5.74, 6) is 0.702. The number of alkyl carbamates (subject to hydrolysis) is 1. The van der Waals surface area contributed by atoms with Gasteiger partial charge in [-0.3, -0.25) is 5.01 Å². The van der Waals surface area contributed by atoms with Crippen LogP contribution in [-0.2, 0) is 14.2 Å². The van der Waals surface area contributed by atoms with E-state index in [9.17, 15) is 9.59 Å². The second kappa shape index (κ2) is 15.2. The van der Waals surface area contributed by atoms with E-state index in [2.05, 4.69) is 15.5 Å². The zero-order valence-electron chi connectivity index (χ0n) is 21.5. The van der Waals surface area contributed by atoms with Crippen molar-refractivity contribution in [3.8, 4) is 0 Å². The van der Waals surface area contributed by atoms with E-state index < -0.39 is 6.09 Å². The van der Waals surface area contributed by atoms with Crippen LogP contribution in [0.25, 0.3) is 0 Å². The lowest BCUT2D eigenvalue weighted by Crippen LogP contribution is -2.52. The topological polar surface area (TPSA) is 92.4 Å². The Labute approximate surface area is 219 Å². The molecule has 3 atom stereocenters. The number of likely N-dealkylation sites (tertiary alicyclic amines) is 1. The summed E-state index contributed by atoms with van der Waals surface area (Å²) in [5, 5.41) is 5.01. The molecule has 36 heavy (non-hydrogen) atoms. The van der Waals surface area contributed by atoms with Gasteiger partial charge in [0.2, 0.25) is 0 Å². The Hall–Kier alpha value is -2.07. The van der Waals surface area contributed by atoms with Crippen molar-refractivity contribution in [2.24, 2.45) is 11.8 Å². The molecule has 3 rings (SSSR count). The third-order valence-electron chi connectivity index (χ3n) is 6.94. The summed E-state index contributed by atoms with van der Waals surface area (Å²) in [4.78, 5) is 26.7. The first-order valence-electron chi connectivity index (χ1n) is 13.0. The van der Waals surface area contributed by atoms with Crippen molar-refractivity contribution in [2.75, 3.05) is 60.2 Å². The van der Waals surface area contributed by atoms with Crippen LogP contribution in [0, 0.1) is 11.8 Å². The number of benzene rings is 1. The van der Waals surface area contributed by atoms with Gasteiger partial charge < -0.3 is 24.4 Å². The number of urea groups is 1. The zero-order valence-corrected chi connectivity index (χ0v) is 22.3. The maximum absolute atomic E-state index is 13.4. The summed E-state index contributed by atoms with van der Waals surface area (Å²) in [7, 11) is 3.13. The number of rotatable bonds is 11. The Morgan fingerprint density at radius 2 is 2.17 bits per heavy atom. The standard InChI is InChI=1S/C26H41ClN4O5/c1-28-31(14-4-7-20-8-6-15-35-19-20)26(33)30-13-5-10-22(18-30)24(21-9-3-11-23(27)17-21)36-16-12-29-25(32)34-2/h3,9,11,17,20,22,24,28H,4-8,10,12-16,18-19H2,1-2H3,(H,29,32)/t20?,22?,24-/m0/s1. The second-order valence-electron chi connectivity index (χ2n) is 9.50. The molecule has 9 nitrogen and oxygen atoms in total. The molecule has 202 valence electrons. The van der Waals surface area contributed by atoms with Crippen LogP contribution in [0.15, 0.2) is 24.3 Å². The first-order valence-corrected chi connectivity index (χ1v) is 13.4. The van der Waals surface area contributed by atoms with Crippen LogP contribution in [-0.4, -0.2) is 82.2 Å². The van der Waals surface area contributed by atoms with Crippen LogP contribution in [0.2, 0.25) is 5.02 Å². The highest BCUT2D eigenvalue weighted by Gasteiger charge is 2.33. The highest BCUT2D eigenvalue weighted by molar-refractivity contribution is 6.30. The molecule has 0 radical (unpaired) electrons. The number of halogens is 1. The molecule has 2 aliphatic rings. The first kappa shape index (κ1) is 28.5. The largest absolute Gasteiger partial charge is 0.453 e. The number of carbonyl (C=O) groups excluding carboxylic acids is 2. The lowest BCUT2D eigenvalue weighted by Gasteiger charge is -2.39. The van der Waals surface area contributed by atoms with E-state index >= 15 is 0 Å². The van der Waals surface area contributed by atoms with Crippen LogP contribution in [0.1, 0.15) is 50.2 Å². The second-order valence-corrected chi connectivity index (χ2v) is 9.93. The summed E-state index contributed by atoms with van der Waals surface area (Å²) in [6.45, 7) is 4.34. The fraction of sp³-hybridized carbons (Fsp3) is 0.692. The van der Waals surface area contributed by atoms with Gasteiger partial charge in [0.15, 0.2) is 0 Å². The molecule has 0 aromatic heterocycles. The Morgan fingerprint density at radius 3 is 2.89 bits per heavy atom. The predicted molar refractivity (Wildman–Crippen MR) is 139 cm³/mol. The number of hydrogen-bond acceptors (Lipinski definition) is 6. The summed E-state index contributed by atoms with van der Waals surface area (Å²) in [6.07, 6.45) is 5.45. The van der Waals surface area contributed by atoms with E-state index in [1.54, 1.807) is 12.1 Å². The number of ether oxygens (including phenoxy) is 3. The zero-order chi connectivity index (χ0) is 25.8. The average molecular weight is 525 g/mol. The monoisotopic (exact) mass is 524 g/mol. The molecule has 2 saturated heterocycles. The smallest absolute Gasteiger partial charge is 0.406 e. The van der Waals surface area contributed by atoms with Gasteiger partial charge >= 0.3 is 12.1 Å².